The van der Waals surface area contributed by atoms with E-state index in [1.54, 1.807) is 0 Å². The summed E-state index contributed by atoms with van der Waals surface area (Å²) in [5, 5.41) is 0.849. The third-order valence-electron chi connectivity index (χ3n) is 3.69. The van der Waals surface area contributed by atoms with Gasteiger partial charge >= 0.3 is 0 Å². The van der Waals surface area contributed by atoms with Crippen molar-refractivity contribution in [2.45, 2.75) is 16.0 Å². The Morgan fingerprint density at radius 2 is 1.59 bits per heavy atom. The molecule has 1 aliphatic rings. The summed E-state index contributed by atoms with van der Waals surface area (Å²) in [5.41, 5.74) is 0.149. The molecule has 1 unspecified atom stereocenters. The summed E-state index contributed by atoms with van der Waals surface area (Å²) in [6.45, 7) is 0. The quantitative estimate of drug-likeness (QED) is 0.359. The van der Waals surface area contributed by atoms with Crippen LogP contribution in [0, 0.1) is 0 Å². The van der Waals surface area contributed by atoms with Crippen molar-refractivity contribution in [3.05, 3.63) is 35.9 Å². The minimum atomic E-state index is -4.66. The number of hydrogen-bond donors (Lipinski definition) is 3. The van der Waals surface area contributed by atoms with Gasteiger partial charge in [-0.1, -0.05) is 6.07 Å². The number of hydrogen-bond acceptors (Lipinski definition) is 8. The number of hydrazine groups is 1. The van der Waals surface area contributed by atoms with Crippen molar-refractivity contribution in [1.82, 2.24) is 5.01 Å². The van der Waals surface area contributed by atoms with E-state index in [1.807, 2.05) is 0 Å². The maximum atomic E-state index is 11.6. The molecular weight excluding hydrogens is 443 g/mol. The number of halogens is 2. The molecule has 2 aromatic carbocycles. The van der Waals surface area contributed by atoms with Crippen molar-refractivity contribution in [2.75, 3.05) is 0 Å². The van der Waals surface area contributed by atoms with Crippen LogP contribution in [-0.2, 0) is 20.2 Å². The molecule has 0 saturated heterocycles. The zero-order valence-corrected chi connectivity index (χ0v) is 16.1. The van der Waals surface area contributed by atoms with Crippen LogP contribution < -0.4 is 5.84 Å². The fourth-order valence-corrected chi connectivity index (χ4v) is 3.97. The Bertz CT molecular complexity index is 1220. The van der Waals surface area contributed by atoms with E-state index in [-0.39, 0.29) is 21.5 Å². The van der Waals surface area contributed by atoms with Crippen molar-refractivity contribution in [3.63, 3.8) is 0 Å². The summed E-state index contributed by atoms with van der Waals surface area (Å²) in [4.78, 5) is 6.64. The highest BCUT2D eigenvalue weighted by Gasteiger charge is 2.28. The van der Waals surface area contributed by atoms with Gasteiger partial charge < -0.3 is 0 Å². The SMILES string of the molecule is NN1C(Cl)=NC(Cl)=NC1c1cc(S(=O)(=O)O)cc2cc(S(=O)(=O)O)ccc12. The zero-order valence-electron chi connectivity index (χ0n) is 13.0. The number of nitrogens with two attached hydrogens (primary N) is 1. The summed E-state index contributed by atoms with van der Waals surface area (Å²) in [7, 11) is -9.21. The molecular formula is C13H10Cl2N4O6S2. The maximum Gasteiger partial charge on any atom is 0.294 e. The largest absolute Gasteiger partial charge is 0.294 e. The minimum Gasteiger partial charge on any atom is -0.282 e. The first kappa shape index (κ1) is 19.9. The van der Waals surface area contributed by atoms with E-state index in [2.05, 4.69) is 9.98 Å². The molecule has 0 saturated carbocycles. The predicted octanol–water partition coefficient (Wildman–Crippen LogP) is 1.71. The molecule has 1 heterocycles. The Hall–Kier alpha value is -1.80. The van der Waals surface area contributed by atoms with Crippen molar-refractivity contribution in [3.8, 4) is 0 Å². The van der Waals surface area contributed by atoms with Gasteiger partial charge in [-0.3, -0.25) is 14.1 Å². The van der Waals surface area contributed by atoms with Gasteiger partial charge in [0.25, 0.3) is 20.2 Å². The summed E-state index contributed by atoms with van der Waals surface area (Å²) < 4.78 is 64.6. The number of aliphatic imine (C=N–C) groups is 2. The van der Waals surface area contributed by atoms with E-state index in [0.717, 1.165) is 29.3 Å². The fourth-order valence-electron chi connectivity index (χ4n) is 2.52. The molecule has 1 atom stereocenters. The van der Waals surface area contributed by atoms with Crippen molar-refractivity contribution in [1.29, 1.82) is 0 Å². The molecule has 0 radical (unpaired) electrons. The van der Waals surface area contributed by atoms with E-state index < -0.39 is 36.2 Å². The summed E-state index contributed by atoms with van der Waals surface area (Å²) in [6, 6.07) is 5.59. The lowest BCUT2D eigenvalue weighted by atomic mass is 10.0. The molecule has 3 rings (SSSR count). The molecule has 4 N–H and O–H groups in total. The minimum absolute atomic E-state index is 0.0774. The second-order valence-corrected chi connectivity index (χ2v) is 8.92. The molecule has 144 valence electrons. The van der Waals surface area contributed by atoms with E-state index in [9.17, 15) is 25.9 Å². The number of benzene rings is 2. The Morgan fingerprint density at radius 1 is 1.00 bits per heavy atom. The normalized spacial score (nSPS) is 18.4. The molecule has 0 fully saturated rings. The van der Waals surface area contributed by atoms with Gasteiger partial charge in [0.2, 0.25) is 10.6 Å². The van der Waals surface area contributed by atoms with Gasteiger partial charge in [0.15, 0.2) is 6.17 Å². The molecule has 0 bridgehead atoms. The van der Waals surface area contributed by atoms with Gasteiger partial charge in [-0.15, -0.1) is 0 Å². The van der Waals surface area contributed by atoms with Gasteiger partial charge in [-0.05, 0) is 58.2 Å². The van der Waals surface area contributed by atoms with Gasteiger partial charge in [0, 0.05) is 5.56 Å². The van der Waals surface area contributed by atoms with E-state index in [4.69, 9.17) is 29.0 Å². The number of nitrogens with zero attached hydrogens (tertiary/aromatic N) is 3. The number of rotatable bonds is 3. The summed E-state index contributed by atoms with van der Waals surface area (Å²) in [6.07, 6.45) is -1.11. The highest BCUT2D eigenvalue weighted by Crippen LogP contribution is 2.34. The van der Waals surface area contributed by atoms with Crippen LogP contribution in [0.3, 0.4) is 0 Å². The molecule has 0 spiro atoms. The molecule has 2 aromatic rings. The Morgan fingerprint density at radius 3 is 2.19 bits per heavy atom. The summed E-state index contributed by atoms with van der Waals surface area (Å²) in [5.74, 6) is 5.82. The van der Waals surface area contributed by atoms with Crippen LogP contribution in [0.4, 0.5) is 0 Å². The second-order valence-electron chi connectivity index (χ2n) is 5.41. The lowest BCUT2D eigenvalue weighted by Crippen LogP contribution is -2.40. The predicted molar refractivity (Wildman–Crippen MR) is 98.9 cm³/mol. The van der Waals surface area contributed by atoms with Crippen LogP contribution in [0.2, 0.25) is 0 Å². The van der Waals surface area contributed by atoms with Gasteiger partial charge in [0.1, 0.15) is 0 Å². The van der Waals surface area contributed by atoms with Crippen LogP contribution >= 0.6 is 23.2 Å². The molecule has 10 nitrogen and oxygen atoms in total. The Balaban J connectivity index is 2.36. The average Bonchev–Trinajstić information content (AvgIpc) is 2.55. The van der Waals surface area contributed by atoms with Crippen LogP contribution in [-0.4, -0.2) is 41.5 Å². The molecule has 1 aliphatic heterocycles. The van der Waals surface area contributed by atoms with Gasteiger partial charge in [0.05, 0.1) is 9.79 Å². The van der Waals surface area contributed by atoms with Crippen LogP contribution in [0.5, 0.6) is 0 Å². The topological polar surface area (TPSA) is 163 Å². The highest BCUT2D eigenvalue weighted by atomic mass is 35.5. The Labute approximate surface area is 163 Å². The second kappa shape index (κ2) is 6.67. The number of fused-ring (bicyclic) bond motifs is 1. The van der Waals surface area contributed by atoms with Crippen LogP contribution in [0.15, 0.2) is 50.1 Å². The van der Waals surface area contributed by atoms with Crippen molar-refractivity contribution < 1.29 is 25.9 Å². The van der Waals surface area contributed by atoms with Gasteiger partial charge in [-0.25, -0.2) is 10.8 Å². The smallest absolute Gasteiger partial charge is 0.282 e. The molecule has 0 aromatic heterocycles. The summed E-state index contributed by atoms with van der Waals surface area (Å²) >= 11 is 11.7. The molecule has 0 aliphatic carbocycles. The first-order valence-corrected chi connectivity index (χ1v) is 10.6. The molecule has 27 heavy (non-hydrogen) atoms. The number of amidine groups is 2. The zero-order chi connectivity index (χ0) is 20.1. The highest BCUT2D eigenvalue weighted by molar-refractivity contribution is 7.86. The van der Waals surface area contributed by atoms with Crippen LogP contribution in [0.25, 0.3) is 10.8 Å². The lowest BCUT2D eigenvalue weighted by Gasteiger charge is -2.28. The third-order valence-corrected chi connectivity index (χ3v) is 5.84. The fraction of sp³-hybridized carbons (Fsp3) is 0.0769. The standard InChI is InChI=1S/C13H10Cl2N4O6S2/c14-12-17-11(19(16)13(15)18-12)10-5-8(27(23,24)25)4-6-3-7(26(20,21)22)1-2-9(6)10/h1-5,11H,16H2,(H,20,21,22)(H,23,24,25). The third kappa shape index (κ3) is 3.91. The van der Waals surface area contributed by atoms with Gasteiger partial charge in [-0.2, -0.15) is 21.8 Å². The Kier molecular flexibility index (Phi) is 4.93. The first-order valence-electron chi connectivity index (χ1n) is 6.92. The van der Waals surface area contributed by atoms with E-state index in [1.165, 1.54) is 6.07 Å². The first-order chi connectivity index (χ1) is 12.4. The molecule has 0 amide bonds. The van der Waals surface area contributed by atoms with E-state index in [0.29, 0.717) is 5.39 Å². The lowest BCUT2D eigenvalue weighted by molar-refractivity contribution is 0.340. The molecule has 14 heteroatoms. The maximum absolute atomic E-state index is 11.6. The van der Waals surface area contributed by atoms with Crippen molar-refractivity contribution >= 4 is 64.8 Å². The monoisotopic (exact) mass is 452 g/mol. The van der Waals surface area contributed by atoms with Crippen LogP contribution in [0.1, 0.15) is 11.7 Å². The van der Waals surface area contributed by atoms with Crippen molar-refractivity contribution in [2.24, 2.45) is 15.8 Å². The average molecular weight is 453 g/mol. The van der Waals surface area contributed by atoms with E-state index >= 15 is 0 Å².